The minimum Gasteiger partial charge on any atom is -0.467 e. The molecule has 8 nitrogen and oxygen atoms in total. The third kappa shape index (κ3) is 3.70. The first-order chi connectivity index (χ1) is 10.4. The lowest BCUT2D eigenvalue weighted by Gasteiger charge is -2.14. The minimum atomic E-state index is -3.89. The highest BCUT2D eigenvalue weighted by atomic mass is 32.2. The molecule has 0 amide bonds. The molecule has 2 aromatic rings. The van der Waals surface area contributed by atoms with Gasteiger partial charge in [-0.15, -0.1) is 0 Å². The van der Waals surface area contributed by atoms with Crippen molar-refractivity contribution in [2.75, 3.05) is 13.7 Å². The Balaban J connectivity index is 2.14. The van der Waals surface area contributed by atoms with Gasteiger partial charge in [0.2, 0.25) is 10.0 Å². The van der Waals surface area contributed by atoms with E-state index in [9.17, 15) is 18.5 Å². The molecule has 0 saturated carbocycles. The molecule has 22 heavy (non-hydrogen) atoms. The predicted octanol–water partition coefficient (Wildman–Crippen LogP) is 1.85. The number of methoxy groups -OCH3 is 1. The van der Waals surface area contributed by atoms with Crippen molar-refractivity contribution in [3.05, 3.63) is 58.5 Å². The summed E-state index contributed by atoms with van der Waals surface area (Å²) in [5.74, 6) is 0.476. The highest BCUT2D eigenvalue weighted by Gasteiger charge is 2.21. The summed E-state index contributed by atoms with van der Waals surface area (Å²) in [4.78, 5) is 9.87. The van der Waals surface area contributed by atoms with E-state index in [0.29, 0.717) is 5.76 Å². The van der Waals surface area contributed by atoms with Gasteiger partial charge in [-0.05, 0) is 18.2 Å². The maximum absolute atomic E-state index is 12.2. The number of furan rings is 1. The molecular weight excluding hydrogens is 312 g/mol. The predicted molar refractivity (Wildman–Crippen MR) is 76.7 cm³/mol. The first-order valence-electron chi connectivity index (χ1n) is 6.24. The second-order valence-corrected chi connectivity index (χ2v) is 6.11. The maximum Gasteiger partial charge on any atom is 0.270 e. The average Bonchev–Trinajstić information content (AvgIpc) is 3.02. The van der Waals surface area contributed by atoms with Gasteiger partial charge >= 0.3 is 0 Å². The third-order valence-corrected chi connectivity index (χ3v) is 4.36. The topological polar surface area (TPSA) is 112 Å². The summed E-state index contributed by atoms with van der Waals surface area (Å²) in [6.45, 7) is -0.0605. The van der Waals surface area contributed by atoms with E-state index in [-0.39, 0.29) is 17.1 Å². The molecular formula is C13H14N2O6S. The molecule has 0 aliphatic rings. The van der Waals surface area contributed by atoms with Crippen LogP contribution in [0.25, 0.3) is 0 Å². The van der Waals surface area contributed by atoms with E-state index in [1.54, 1.807) is 12.1 Å². The monoisotopic (exact) mass is 326 g/mol. The lowest BCUT2D eigenvalue weighted by molar-refractivity contribution is -0.385. The Morgan fingerprint density at radius 2 is 2.14 bits per heavy atom. The average molecular weight is 326 g/mol. The molecule has 1 atom stereocenters. The van der Waals surface area contributed by atoms with E-state index in [4.69, 9.17) is 9.15 Å². The number of nitrogens with zero attached hydrogens (tertiary/aromatic N) is 1. The number of non-ortho nitro benzene ring substituents is 1. The fraction of sp³-hybridized carbons (Fsp3) is 0.231. The second-order valence-electron chi connectivity index (χ2n) is 4.35. The molecule has 0 aliphatic heterocycles. The number of rotatable bonds is 7. The van der Waals surface area contributed by atoms with Crippen molar-refractivity contribution in [3.63, 3.8) is 0 Å². The fourth-order valence-corrected chi connectivity index (χ4v) is 2.88. The smallest absolute Gasteiger partial charge is 0.270 e. The molecule has 2 rings (SSSR count). The molecule has 0 aliphatic carbocycles. The van der Waals surface area contributed by atoms with Crippen LogP contribution in [0.3, 0.4) is 0 Å². The number of nitro groups is 1. The summed E-state index contributed by atoms with van der Waals surface area (Å²) >= 11 is 0. The molecule has 1 aromatic carbocycles. The van der Waals surface area contributed by atoms with E-state index < -0.39 is 21.1 Å². The standard InChI is InChI=1S/C13H14N2O6S/c1-20-13(12-6-3-7-21-12)9-14-22(18,19)11-5-2-4-10(8-11)15(16)17/h2-8,13-14H,9H2,1H3. The van der Waals surface area contributed by atoms with Gasteiger partial charge in [0, 0.05) is 25.8 Å². The number of hydrogen-bond donors (Lipinski definition) is 1. The second kappa shape index (κ2) is 6.69. The van der Waals surface area contributed by atoms with Crippen molar-refractivity contribution in [3.8, 4) is 0 Å². The first kappa shape index (κ1) is 16.1. The Labute approximate surface area is 126 Å². The normalized spacial score (nSPS) is 13.0. The van der Waals surface area contributed by atoms with Gasteiger partial charge in [-0.3, -0.25) is 10.1 Å². The number of benzene rings is 1. The zero-order chi connectivity index (χ0) is 16.2. The Morgan fingerprint density at radius 1 is 1.36 bits per heavy atom. The van der Waals surface area contributed by atoms with Crippen molar-refractivity contribution in [1.29, 1.82) is 0 Å². The summed E-state index contributed by atoms with van der Waals surface area (Å²) < 4.78 is 37.0. The number of sulfonamides is 1. The van der Waals surface area contributed by atoms with E-state index in [0.717, 1.165) is 6.07 Å². The number of hydrogen-bond acceptors (Lipinski definition) is 6. The molecule has 1 heterocycles. The lowest BCUT2D eigenvalue weighted by Crippen LogP contribution is -2.29. The van der Waals surface area contributed by atoms with E-state index in [1.807, 2.05) is 0 Å². The van der Waals surface area contributed by atoms with Gasteiger partial charge < -0.3 is 9.15 Å². The molecule has 1 N–H and O–H groups in total. The van der Waals surface area contributed by atoms with Gasteiger partial charge in [-0.1, -0.05) is 6.07 Å². The van der Waals surface area contributed by atoms with Crippen LogP contribution in [0.2, 0.25) is 0 Å². The number of ether oxygens (including phenoxy) is 1. The van der Waals surface area contributed by atoms with Gasteiger partial charge in [-0.2, -0.15) is 0 Å². The molecule has 1 aromatic heterocycles. The molecule has 118 valence electrons. The third-order valence-electron chi connectivity index (χ3n) is 2.94. The van der Waals surface area contributed by atoms with Gasteiger partial charge in [0.25, 0.3) is 5.69 Å². The van der Waals surface area contributed by atoms with Crippen molar-refractivity contribution >= 4 is 15.7 Å². The van der Waals surface area contributed by atoms with Crippen LogP contribution in [-0.4, -0.2) is 27.0 Å². The Kier molecular flexibility index (Phi) is 4.91. The quantitative estimate of drug-likeness (QED) is 0.614. The van der Waals surface area contributed by atoms with Crippen LogP contribution in [-0.2, 0) is 14.8 Å². The van der Waals surface area contributed by atoms with E-state index in [1.165, 1.54) is 31.6 Å². The first-order valence-corrected chi connectivity index (χ1v) is 7.72. The summed E-state index contributed by atoms with van der Waals surface area (Å²) in [6, 6.07) is 8.14. The summed E-state index contributed by atoms with van der Waals surface area (Å²) in [5, 5.41) is 10.7. The maximum atomic E-state index is 12.2. The zero-order valence-electron chi connectivity index (χ0n) is 11.6. The largest absolute Gasteiger partial charge is 0.467 e. The molecule has 0 saturated heterocycles. The van der Waals surface area contributed by atoms with Crippen LogP contribution in [0.1, 0.15) is 11.9 Å². The number of nitro benzene ring substituents is 1. The summed E-state index contributed by atoms with van der Waals surface area (Å²) in [5.41, 5.74) is -0.294. The molecule has 0 spiro atoms. The minimum absolute atomic E-state index is 0.0605. The number of nitrogens with one attached hydrogen (secondary N) is 1. The summed E-state index contributed by atoms with van der Waals surface area (Å²) in [6.07, 6.45) is 0.861. The molecule has 9 heteroatoms. The van der Waals surface area contributed by atoms with Crippen LogP contribution >= 0.6 is 0 Å². The Bertz CT molecular complexity index is 742. The Morgan fingerprint density at radius 3 is 2.73 bits per heavy atom. The molecule has 0 fully saturated rings. The van der Waals surface area contributed by atoms with Crippen molar-refractivity contribution in [2.24, 2.45) is 0 Å². The van der Waals surface area contributed by atoms with Crippen LogP contribution in [0.15, 0.2) is 52.0 Å². The van der Waals surface area contributed by atoms with Crippen LogP contribution in [0, 0.1) is 10.1 Å². The summed E-state index contributed by atoms with van der Waals surface area (Å²) in [7, 11) is -2.46. The van der Waals surface area contributed by atoms with Crippen LogP contribution in [0.5, 0.6) is 0 Å². The van der Waals surface area contributed by atoms with Gasteiger partial charge in [0.05, 0.1) is 16.1 Å². The van der Waals surface area contributed by atoms with E-state index in [2.05, 4.69) is 4.72 Å². The van der Waals surface area contributed by atoms with Crippen LogP contribution in [0.4, 0.5) is 5.69 Å². The SMILES string of the molecule is COC(CNS(=O)(=O)c1cccc([N+](=O)[O-])c1)c1ccco1. The van der Waals surface area contributed by atoms with Crippen molar-refractivity contribution in [2.45, 2.75) is 11.0 Å². The van der Waals surface area contributed by atoms with Gasteiger partial charge in [0.15, 0.2) is 0 Å². The van der Waals surface area contributed by atoms with Crippen LogP contribution < -0.4 is 4.72 Å². The Hall–Kier alpha value is -2.23. The van der Waals surface area contributed by atoms with E-state index >= 15 is 0 Å². The molecule has 1 unspecified atom stereocenters. The fourth-order valence-electron chi connectivity index (χ4n) is 1.81. The van der Waals surface area contributed by atoms with Crippen molar-refractivity contribution < 1.29 is 22.5 Å². The van der Waals surface area contributed by atoms with Crippen molar-refractivity contribution in [1.82, 2.24) is 4.72 Å². The highest BCUT2D eigenvalue weighted by Crippen LogP contribution is 2.19. The molecule has 0 bridgehead atoms. The van der Waals surface area contributed by atoms with Gasteiger partial charge in [-0.25, -0.2) is 13.1 Å². The highest BCUT2D eigenvalue weighted by molar-refractivity contribution is 7.89. The zero-order valence-corrected chi connectivity index (χ0v) is 12.4. The lowest BCUT2D eigenvalue weighted by atomic mass is 10.3. The van der Waals surface area contributed by atoms with Gasteiger partial charge in [0.1, 0.15) is 11.9 Å². The molecule has 0 radical (unpaired) electrons.